The summed E-state index contributed by atoms with van der Waals surface area (Å²) in [5.41, 5.74) is 1.07. The van der Waals surface area contributed by atoms with Crippen molar-refractivity contribution in [1.29, 1.82) is 0 Å². The summed E-state index contributed by atoms with van der Waals surface area (Å²) in [6, 6.07) is 10.5. The molecule has 98 valence electrons. The van der Waals surface area contributed by atoms with Crippen LogP contribution in [0.5, 0.6) is 11.6 Å². The number of para-hydroxylation sites is 2. The third-order valence-corrected chi connectivity index (χ3v) is 2.56. The number of methoxy groups -OCH3 is 2. The molecular formula is C14H14N2O3. The summed E-state index contributed by atoms with van der Waals surface area (Å²) in [5.74, 6) is 0.825. The summed E-state index contributed by atoms with van der Waals surface area (Å²) in [4.78, 5) is 16.0. The standard InChI is InChI=1S/C14H14N2O3/c1-18-12-6-4-3-5-11(12)16-14(17)10-7-8-13(19-2)15-9-10/h3-9H,1-2H3,(H,16,17). The first-order chi connectivity index (χ1) is 9.24. The molecule has 1 N–H and O–H groups in total. The number of aromatic nitrogens is 1. The lowest BCUT2D eigenvalue weighted by atomic mass is 10.2. The normalized spacial score (nSPS) is 9.79. The zero-order chi connectivity index (χ0) is 13.7. The van der Waals surface area contributed by atoms with E-state index >= 15 is 0 Å². The van der Waals surface area contributed by atoms with Gasteiger partial charge < -0.3 is 14.8 Å². The minimum absolute atomic E-state index is 0.250. The van der Waals surface area contributed by atoms with E-state index in [1.54, 1.807) is 31.4 Å². The van der Waals surface area contributed by atoms with Crippen molar-refractivity contribution in [3.63, 3.8) is 0 Å². The van der Waals surface area contributed by atoms with E-state index in [0.29, 0.717) is 22.9 Å². The summed E-state index contributed by atoms with van der Waals surface area (Å²) < 4.78 is 10.1. The van der Waals surface area contributed by atoms with E-state index in [4.69, 9.17) is 9.47 Å². The predicted octanol–water partition coefficient (Wildman–Crippen LogP) is 2.35. The predicted molar refractivity (Wildman–Crippen MR) is 71.7 cm³/mol. The van der Waals surface area contributed by atoms with Gasteiger partial charge >= 0.3 is 0 Å². The molecule has 2 rings (SSSR count). The van der Waals surface area contributed by atoms with Crippen LogP contribution in [0.25, 0.3) is 0 Å². The van der Waals surface area contributed by atoms with Crippen LogP contribution in [0.2, 0.25) is 0 Å². The minimum atomic E-state index is -0.250. The van der Waals surface area contributed by atoms with Gasteiger partial charge in [0, 0.05) is 12.3 Å². The van der Waals surface area contributed by atoms with E-state index in [2.05, 4.69) is 10.3 Å². The molecule has 1 heterocycles. The summed E-state index contributed by atoms with van der Waals surface area (Å²) >= 11 is 0. The zero-order valence-corrected chi connectivity index (χ0v) is 10.7. The number of hydrogen-bond acceptors (Lipinski definition) is 4. The number of hydrogen-bond donors (Lipinski definition) is 1. The highest BCUT2D eigenvalue weighted by molar-refractivity contribution is 6.04. The Balaban J connectivity index is 2.16. The number of nitrogens with one attached hydrogen (secondary N) is 1. The Morgan fingerprint density at radius 1 is 1.11 bits per heavy atom. The second kappa shape index (κ2) is 5.86. The lowest BCUT2D eigenvalue weighted by molar-refractivity contribution is 0.102. The third-order valence-electron chi connectivity index (χ3n) is 2.56. The Labute approximate surface area is 111 Å². The molecule has 0 fully saturated rings. The first-order valence-corrected chi connectivity index (χ1v) is 5.69. The number of pyridine rings is 1. The van der Waals surface area contributed by atoms with Gasteiger partial charge in [-0.15, -0.1) is 0 Å². The Hall–Kier alpha value is -2.56. The molecule has 0 aliphatic rings. The number of carbonyl (C=O) groups is 1. The number of anilines is 1. The van der Waals surface area contributed by atoms with E-state index in [0.717, 1.165) is 0 Å². The van der Waals surface area contributed by atoms with Crippen molar-refractivity contribution >= 4 is 11.6 Å². The molecule has 0 atom stereocenters. The number of rotatable bonds is 4. The molecule has 0 spiro atoms. The monoisotopic (exact) mass is 258 g/mol. The third kappa shape index (κ3) is 3.01. The summed E-state index contributed by atoms with van der Waals surface area (Å²) in [5, 5.41) is 2.77. The second-order valence-electron chi connectivity index (χ2n) is 3.74. The number of carbonyl (C=O) groups excluding carboxylic acids is 1. The smallest absolute Gasteiger partial charge is 0.257 e. The van der Waals surface area contributed by atoms with Crippen molar-refractivity contribution in [3.05, 3.63) is 48.2 Å². The first kappa shape index (κ1) is 12.9. The topological polar surface area (TPSA) is 60.5 Å². The SMILES string of the molecule is COc1ccc(C(=O)Nc2ccccc2OC)cn1. The number of benzene rings is 1. The molecule has 0 saturated heterocycles. The van der Waals surface area contributed by atoms with Gasteiger partial charge in [-0.1, -0.05) is 12.1 Å². The van der Waals surface area contributed by atoms with Gasteiger partial charge in [0.1, 0.15) is 5.75 Å². The molecule has 5 heteroatoms. The van der Waals surface area contributed by atoms with E-state index < -0.39 is 0 Å². The maximum Gasteiger partial charge on any atom is 0.257 e. The number of nitrogens with zero attached hydrogens (tertiary/aromatic N) is 1. The van der Waals surface area contributed by atoms with Crippen LogP contribution in [0.15, 0.2) is 42.6 Å². The van der Waals surface area contributed by atoms with E-state index in [1.807, 2.05) is 12.1 Å². The van der Waals surface area contributed by atoms with Crippen LogP contribution in [0, 0.1) is 0 Å². The van der Waals surface area contributed by atoms with Crippen molar-refractivity contribution < 1.29 is 14.3 Å². The van der Waals surface area contributed by atoms with Crippen molar-refractivity contribution in [2.45, 2.75) is 0 Å². The van der Waals surface area contributed by atoms with Crippen LogP contribution >= 0.6 is 0 Å². The molecule has 0 saturated carbocycles. The van der Waals surface area contributed by atoms with Crippen LogP contribution in [0.1, 0.15) is 10.4 Å². The maximum absolute atomic E-state index is 12.0. The molecular weight excluding hydrogens is 244 g/mol. The average Bonchev–Trinajstić information content (AvgIpc) is 2.48. The first-order valence-electron chi connectivity index (χ1n) is 5.69. The Morgan fingerprint density at radius 2 is 1.89 bits per heavy atom. The zero-order valence-electron chi connectivity index (χ0n) is 10.7. The Bertz CT molecular complexity index is 567. The molecule has 1 amide bonds. The van der Waals surface area contributed by atoms with Gasteiger partial charge in [0.2, 0.25) is 5.88 Å². The van der Waals surface area contributed by atoms with E-state index in [1.165, 1.54) is 13.3 Å². The second-order valence-corrected chi connectivity index (χ2v) is 3.74. The highest BCUT2D eigenvalue weighted by Gasteiger charge is 2.09. The number of amides is 1. The fourth-order valence-electron chi connectivity index (χ4n) is 1.58. The fraction of sp³-hybridized carbons (Fsp3) is 0.143. The number of ether oxygens (including phenoxy) is 2. The van der Waals surface area contributed by atoms with Crippen molar-refractivity contribution in [2.75, 3.05) is 19.5 Å². The molecule has 0 radical (unpaired) electrons. The van der Waals surface area contributed by atoms with Gasteiger partial charge in [0.05, 0.1) is 25.5 Å². The largest absolute Gasteiger partial charge is 0.495 e. The van der Waals surface area contributed by atoms with Crippen molar-refractivity contribution in [2.24, 2.45) is 0 Å². The highest BCUT2D eigenvalue weighted by atomic mass is 16.5. The molecule has 1 aromatic carbocycles. The fourth-order valence-corrected chi connectivity index (χ4v) is 1.58. The van der Waals surface area contributed by atoms with Crippen LogP contribution in [-0.2, 0) is 0 Å². The molecule has 0 aliphatic heterocycles. The van der Waals surface area contributed by atoms with Crippen LogP contribution in [0.3, 0.4) is 0 Å². The molecule has 2 aromatic rings. The molecule has 0 aliphatic carbocycles. The van der Waals surface area contributed by atoms with Gasteiger partial charge in [-0.05, 0) is 18.2 Å². The minimum Gasteiger partial charge on any atom is -0.495 e. The van der Waals surface area contributed by atoms with Gasteiger partial charge in [-0.3, -0.25) is 4.79 Å². The van der Waals surface area contributed by atoms with Crippen LogP contribution in [-0.4, -0.2) is 25.1 Å². The van der Waals surface area contributed by atoms with Gasteiger partial charge in [0.15, 0.2) is 0 Å². The molecule has 5 nitrogen and oxygen atoms in total. The van der Waals surface area contributed by atoms with Crippen molar-refractivity contribution in [3.8, 4) is 11.6 Å². The average molecular weight is 258 g/mol. The van der Waals surface area contributed by atoms with Gasteiger partial charge in [0.25, 0.3) is 5.91 Å². The molecule has 19 heavy (non-hydrogen) atoms. The van der Waals surface area contributed by atoms with Crippen LogP contribution < -0.4 is 14.8 Å². The van der Waals surface area contributed by atoms with Gasteiger partial charge in [-0.25, -0.2) is 4.98 Å². The Kier molecular flexibility index (Phi) is 3.97. The lowest BCUT2D eigenvalue weighted by Gasteiger charge is -2.09. The Morgan fingerprint density at radius 3 is 2.53 bits per heavy atom. The van der Waals surface area contributed by atoms with Crippen molar-refractivity contribution in [1.82, 2.24) is 4.98 Å². The molecule has 0 bridgehead atoms. The lowest BCUT2D eigenvalue weighted by Crippen LogP contribution is -2.12. The quantitative estimate of drug-likeness (QED) is 0.914. The van der Waals surface area contributed by atoms with Crippen LogP contribution in [0.4, 0.5) is 5.69 Å². The summed E-state index contributed by atoms with van der Waals surface area (Å²) in [6.07, 6.45) is 1.46. The van der Waals surface area contributed by atoms with Gasteiger partial charge in [-0.2, -0.15) is 0 Å². The summed E-state index contributed by atoms with van der Waals surface area (Å²) in [6.45, 7) is 0. The highest BCUT2D eigenvalue weighted by Crippen LogP contribution is 2.23. The van der Waals surface area contributed by atoms with E-state index in [9.17, 15) is 4.79 Å². The maximum atomic E-state index is 12.0. The van der Waals surface area contributed by atoms with E-state index in [-0.39, 0.29) is 5.91 Å². The summed E-state index contributed by atoms with van der Waals surface area (Å²) in [7, 11) is 3.08. The molecule has 0 unspecified atom stereocenters. The molecule has 1 aromatic heterocycles.